The molecular weight excluding hydrogens is 299 g/mol. The van der Waals surface area contributed by atoms with Crippen molar-refractivity contribution in [2.75, 3.05) is 40.0 Å². The molecule has 0 bridgehead atoms. The SMILES string of the molecule is CC(C)(CCS(=O)(=O)OCC[N+](C)(C)C)NCl.[Cl-]. The Bertz CT molecular complexity index is 327. The van der Waals surface area contributed by atoms with Gasteiger partial charge in [-0.1, -0.05) is 0 Å². The number of nitrogens with zero attached hydrogens (tertiary/aromatic N) is 1. The molecule has 0 aromatic rings. The molecule has 0 aromatic heterocycles. The van der Waals surface area contributed by atoms with Crippen molar-refractivity contribution < 1.29 is 29.5 Å². The van der Waals surface area contributed by atoms with E-state index < -0.39 is 15.7 Å². The number of nitrogens with one attached hydrogen (secondary N) is 1. The molecule has 0 saturated heterocycles. The third-order valence-corrected chi connectivity index (χ3v) is 4.00. The Morgan fingerprint density at radius 2 is 1.78 bits per heavy atom. The molecule has 0 heterocycles. The molecule has 0 spiro atoms. The molecule has 18 heavy (non-hydrogen) atoms. The van der Waals surface area contributed by atoms with Crippen LogP contribution in [-0.4, -0.2) is 58.5 Å². The van der Waals surface area contributed by atoms with Gasteiger partial charge in [0.2, 0.25) is 0 Å². The molecule has 0 aliphatic heterocycles. The van der Waals surface area contributed by atoms with Gasteiger partial charge in [0, 0.05) is 5.54 Å². The minimum atomic E-state index is -3.46. The zero-order valence-corrected chi connectivity index (χ0v) is 14.0. The van der Waals surface area contributed by atoms with Crippen molar-refractivity contribution >= 4 is 21.9 Å². The van der Waals surface area contributed by atoms with Gasteiger partial charge in [-0.2, -0.15) is 8.42 Å². The first-order valence-corrected chi connectivity index (χ1v) is 7.48. The van der Waals surface area contributed by atoms with Crippen molar-refractivity contribution in [3.05, 3.63) is 0 Å². The highest BCUT2D eigenvalue weighted by atomic mass is 35.5. The Hall–Kier alpha value is 0.410. The molecule has 112 valence electrons. The van der Waals surface area contributed by atoms with E-state index in [1.165, 1.54) is 0 Å². The Morgan fingerprint density at radius 3 is 2.17 bits per heavy atom. The van der Waals surface area contributed by atoms with Gasteiger partial charge in [0.1, 0.15) is 13.2 Å². The third kappa shape index (κ3) is 11.5. The molecule has 0 aliphatic carbocycles. The van der Waals surface area contributed by atoms with E-state index in [4.69, 9.17) is 16.0 Å². The van der Waals surface area contributed by atoms with Crippen LogP contribution in [0.5, 0.6) is 0 Å². The number of hydrogen-bond acceptors (Lipinski definition) is 4. The van der Waals surface area contributed by atoms with Crippen LogP contribution in [0.15, 0.2) is 0 Å². The average Bonchev–Trinajstić information content (AvgIpc) is 2.13. The summed E-state index contributed by atoms with van der Waals surface area (Å²) in [5, 5.41) is 0. The highest BCUT2D eigenvalue weighted by Crippen LogP contribution is 2.11. The third-order valence-electron chi connectivity index (χ3n) is 2.26. The van der Waals surface area contributed by atoms with Crippen LogP contribution >= 0.6 is 11.8 Å². The maximum absolute atomic E-state index is 11.6. The summed E-state index contributed by atoms with van der Waals surface area (Å²) >= 11 is 5.50. The smallest absolute Gasteiger partial charge is 0.267 e. The molecule has 0 aromatic carbocycles. The first-order chi connectivity index (χ1) is 7.47. The first kappa shape index (κ1) is 20.7. The number of halogens is 2. The Morgan fingerprint density at radius 1 is 1.28 bits per heavy atom. The first-order valence-electron chi connectivity index (χ1n) is 5.53. The second-order valence-electron chi connectivity index (χ2n) is 5.83. The predicted octanol–water partition coefficient (Wildman–Crippen LogP) is -2.04. The Labute approximate surface area is 122 Å². The van der Waals surface area contributed by atoms with E-state index in [0.29, 0.717) is 17.4 Å². The van der Waals surface area contributed by atoms with Gasteiger partial charge in [0.25, 0.3) is 10.1 Å². The fourth-order valence-corrected chi connectivity index (χ4v) is 2.23. The maximum atomic E-state index is 11.6. The molecule has 8 heteroatoms. The summed E-state index contributed by atoms with van der Waals surface area (Å²) < 4.78 is 28.8. The van der Waals surface area contributed by atoms with Crippen molar-refractivity contribution in [3.8, 4) is 0 Å². The van der Waals surface area contributed by atoms with Gasteiger partial charge in [-0.15, -0.1) is 0 Å². The van der Waals surface area contributed by atoms with E-state index >= 15 is 0 Å². The Kier molecular flexibility index (Phi) is 9.06. The number of rotatable bonds is 8. The van der Waals surface area contributed by atoms with Gasteiger partial charge < -0.3 is 16.9 Å². The second kappa shape index (κ2) is 7.87. The summed E-state index contributed by atoms with van der Waals surface area (Å²) in [6.07, 6.45) is 0.406. The molecule has 0 unspecified atom stereocenters. The van der Waals surface area contributed by atoms with Gasteiger partial charge in [-0.3, -0.25) is 4.18 Å². The summed E-state index contributed by atoms with van der Waals surface area (Å²) in [6.45, 7) is 4.53. The average molecular weight is 323 g/mol. The molecular formula is C10H24Cl2N2O3S. The van der Waals surface area contributed by atoms with Crippen LogP contribution in [0.2, 0.25) is 0 Å². The van der Waals surface area contributed by atoms with Crippen molar-refractivity contribution in [2.24, 2.45) is 0 Å². The highest BCUT2D eigenvalue weighted by molar-refractivity contribution is 7.86. The lowest BCUT2D eigenvalue weighted by Gasteiger charge is -2.24. The zero-order chi connectivity index (χ0) is 13.7. The van der Waals surface area contributed by atoms with Crippen LogP contribution in [-0.2, 0) is 14.3 Å². The number of hydrogen-bond donors (Lipinski definition) is 1. The van der Waals surface area contributed by atoms with Crippen molar-refractivity contribution in [3.63, 3.8) is 0 Å². The van der Waals surface area contributed by atoms with Gasteiger partial charge in [-0.05, 0) is 32.0 Å². The lowest BCUT2D eigenvalue weighted by atomic mass is 10.0. The molecule has 5 nitrogen and oxygen atoms in total. The summed E-state index contributed by atoms with van der Waals surface area (Å²) in [5.74, 6) is -0.0309. The topological polar surface area (TPSA) is 55.4 Å². The van der Waals surface area contributed by atoms with Crippen LogP contribution in [0.3, 0.4) is 0 Å². The van der Waals surface area contributed by atoms with E-state index in [1.54, 1.807) is 0 Å². The van der Waals surface area contributed by atoms with Crippen LogP contribution in [0, 0.1) is 0 Å². The summed E-state index contributed by atoms with van der Waals surface area (Å²) in [6, 6.07) is 0. The summed E-state index contributed by atoms with van der Waals surface area (Å²) in [5.41, 5.74) is -0.419. The van der Waals surface area contributed by atoms with E-state index in [0.717, 1.165) is 0 Å². The normalized spacial score (nSPS) is 13.2. The standard InChI is InChI=1S/C10H24ClN2O3S.ClH/c1-10(2,12-11)6-9-17(14,15)16-8-7-13(3,4)5;/h12H,6-9H2,1-5H3;1H/q+1;/p-1. The van der Waals surface area contributed by atoms with Gasteiger partial charge in [0.05, 0.1) is 26.9 Å². The van der Waals surface area contributed by atoms with Crippen molar-refractivity contribution in [1.82, 2.24) is 4.84 Å². The largest absolute Gasteiger partial charge is 1.00 e. The van der Waals surface area contributed by atoms with Gasteiger partial charge >= 0.3 is 0 Å². The number of likely N-dealkylation sites (N-methyl/N-ethyl adjacent to an activating group) is 1. The van der Waals surface area contributed by atoms with Gasteiger partial charge in [0.15, 0.2) is 0 Å². The predicted molar refractivity (Wildman–Crippen MR) is 70.3 cm³/mol. The molecule has 0 radical (unpaired) electrons. The molecule has 0 fully saturated rings. The van der Waals surface area contributed by atoms with E-state index in [-0.39, 0.29) is 24.8 Å². The highest BCUT2D eigenvalue weighted by Gasteiger charge is 2.22. The second-order valence-corrected chi connectivity index (χ2v) is 7.77. The lowest BCUT2D eigenvalue weighted by molar-refractivity contribution is -0.870. The van der Waals surface area contributed by atoms with Gasteiger partial charge in [-0.25, -0.2) is 4.84 Å². The van der Waals surface area contributed by atoms with Crippen LogP contribution in [0.25, 0.3) is 0 Å². The van der Waals surface area contributed by atoms with E-state index in [1.807, 2.05) is 35.0 Å². The van der Waals surface area contributed by atoms with Crippen molar-refractivity contribution in [2.45, 2.75) is 25.8 Å². The maximum Gasteiger partial charge on any atom is 0.267 e. The molecule has 0 saturated carbocycles. The van der Waals surface area contributed by atoms with E-state index in [2.05, 4.69) is 4.84 Å². The minimum absolute atomic E-state index is 0. The number of quaternary nitrogens is 1. The molecule has 1 N–H and O–H groups in total. The fraction of sp³-hybridized carbons (Fsp3) is 1.00. The summed E-state index contributed by atoms with van der Waals surface area (Å²) in [7, 11) is 2.49. The molecule has 0 rings (SSSR count). The fourth-order valence-electron chi connectivity index (χ4n) is 0.924. The van der Waals surface area contributed by atoms with E-state index in [9.17, 15) is 8.42 Å². The summed E-state index contributed by atoms with van der Waals surface area (Å²) in [4.78, 5) is 2.54. The molecule has 0 atom stereocenters. The quantitative estimate of drug-likeness (QED) is 0.318. The monoisotopic (exact) mass is 322 g/mol. The molecule has 0 aliphatic rings. The molecule has 0 amide bonds. The van der Waals surface area contributed by atoms with Crippen LogP contribution < -0.4 is 17.2 Å². The zero-order valence-electron chi connectivity index (χ0n) is 11.7. The minimum Gasteiger partial charge on any atom is -1.00 e. The lowest BCUT2D eigenvalue weighted by Crippen LogP contribution is -3.00. The van der Waals surface area contributed by atoms with Crippen molar-refractivity contribution in [1.29, 1.82) is 0 Å². The Balaban J connectivity index is 0. The van der Waals surface area contributed by atoms with Crippen LogP contribution in [0.4, 0.5) is 0 Å². The van der Waals surface area contributed by atoms with Crippen LogP contribution in [0.1, 0.15) is 20.3 Å².